The average Bonchev–Trinajstić information content (AvgIpc) is 2.91. The van der Waals surface area contributed by atoms with E-state index in [4.69, 9.17) is 4.74 Å². The van der Waals surface area contributed by atoms with Crippen molar-refractivity contribution in [2.75, 3.05) is 20.2 Å². The molecule has 0 bridgehead atoms. The van der Waals surface area contributed by atoms with Crippen LogP contribution in [-0.2, 0) is 4.74 Å². The van der Waals surface area contributed by atoms with Crippen LogP contribution in [0, 0.1) is 5.92 Å². The number of aliphatic hydroxyl groups excluding tert-OH is 1. The molecular formula is C13H17NO3. The van der Waals surface area contributed by atoms with Gasteiger partial charge >= 0.3 is 5.97 Å². The van der Waals surface area contributed by atoms with Crippen molar-refractivity contribution in [3.05, 3.63) is 35.4 Å². The first-order valence-electron chi connectivity index (χ1n) is 5.80. The molecule has 4 nitrogen and oxygen atoms in total. The smallest absolute Gasteiger partial charge is 0.338 e. The van der Waals surface area contributed by atoms with Crippen molar-refractivity contribution in [1.29, 1.82) is 0 Å². The van der Waals surface area contributed by atoms with Crippen molar-refractivity contribution in [2.45, 2.75) is 12.5 Å². The van der Waals surface area contributed by atoms with Gasteiger partial charge in [-0.1, -0.05) is 18.2 Å². The Hall–Kier alpha value is -1.39. The first kappa shape index (κ1) is 12.1. The van der Waals surface area contributed by atoms with Gasteiger partial charge in [0.2, 0.25) is 0 Å². The molecule has 1 fully saturated rings. The normalized spacial score (nSPS) is 21.2. The number of methoxy groups -OCH3 is 1. The van der Waals surface area contributed by atoms with E-state index in [2.05, 4.69) is 5.32 Å². The zero-order valence-corrected chi connectivity index (χ0v) is 9.85. The van der Waals surface area contributed by atoms with E-state index in [1.54, 1.807) is 18.2 Å². The standard InChI is InChI=1S/C13H17NO3/c1-17-13(16)11-5-3-2-4-10(11)12(15)9-6-7-14-8-9/h2-5,9,12,14-15H,6-8H2,1H3. The lowest BCUT2D eigenvalue weighted by molar-refractivity contribution is 0.0586. The number of hydrogen-bond acceptors (Lipinski definition) is 4. The molecule has 17 heavy (non-hydrogen) atoms. The van der Waals surface area contributed by atoms with E-state index in [1.165, 1.54) is 7.11 Å². The van der Waals surface area contributed by atoms with Gasteiger partial charge in [-0.2, -0.15) is 0 Å². The summed E-state index contributed by atoms with van der Waals surface area (Å²) in [5.41, 5.74) is 1.11. The van der Waals surface area contributed by atoms with E-state index in [-0.39, 0.29) is 5.92 Å². The zero-order chi connectivity index (χ0) is 12.3. The van der Waals surface area contributed by atoms with Crippen LogP contribution in [0.2, 0.25) is 0 Å². The number of benzene rings is 1. The molecule has 0 saturated carbocycles. The predicted octanol–water partition coefficient (Wildman–Crippen LogP) is 1.12. The molecule has 2 rings (SSSR count). The maximum absolute atomic E-state index is 11.6. The van der Waals surface area contributed by atoms with Gasteiger partial charge in [-0.05, 0) is 24.6 Å². The summed E-state index contributed by atoms with van der Waals surface area (Å²) in [6.07, 6.45) is 0.316. The lowest BCUT2D eigenvalue weighted by Gasteiger charge is -2.19. The molecule has 92 valence electrons. The number of aliphatic hydroxyl groups is 1. The van der Waals surface area contributed by atoms with Crippen LogP contribution in [0.3, 0.4) is 0 Å². The van der Waals surface area contributed by atoms with Gasteiger partial charge < -0.3 is 15.2 Å². The molecule has 1 aromatic carbocycles. The number of carbonyl (C=O) groups excluding carboxylic acids is 1. The van der Waals surface area contributed by atoms with Gasteiger partial charge in [0.25, 0.3) is 0 Å². The quantitative estimate of drug-likeness (QED) is 0.771. The Bertz CT molecular complexity index is 399. The van der Waals surface area contributed by atoms with E-state index in [1.807, 2.05) is 6.07 Å². The maximum Gasteiger partial charge on any atom is 0.338 e. The number of hydrogen-bond donors (Lipinski definition) is 2. The Labute approximate surface area is 101 Å². The summed E-state index contributed by atoms with van der Waals surface area (Å²) in [7, 11) is 1.35. The summed E-state index contributed by atoms with van der Waals surface area (Å²) in [4.78, 5) is 11.6. The summed E-state index contributed by atoms with van der Waals surface area (Å²) in [5.74, 6) is -0.230. The highest BCUT2D eigenvalue weighted by molar-refractivity contribution is 5.91. The van der Waals surface area contributed by atoms with Gasteiger partial charge in [0, 0.05) is 12.5 Å². The van der Waals surface area contributed by atoms with Crippen LogP contribution in [0.5, 0.6) is 0 Å². The largest absolute Gasteiger partial charge is 0.465 e. The Kier molecular flexibility index (Phi) is 3.76. The molecule has 1 heterocycles. The Morgan fingerprint density at radius 1 is 1.53 bits per heavy atom. The lowest BCUT2D eigenvalue weighted by Crippen LogP contribution is -2.18. The molecule has 2 N–H and O–H groups in total. The second-order valence-corrected chi connectivity index (χ2v) is 4.28. The molecule has 2 unspecified atom stereocenters. The second-order valence-electron chi connectivity index (χ2n) is 4.28. The molecule has 1 aliphatic rings. The van der Waals surface area contributed by atoms with E-state index in [9.17, 15) is 9.90 Å². The van der Waals surface area contributed by atoms with Crippen molar-refractivity contribution in [2.24, 2.45) is 5.92 Å². The minimum absolute atomic E-state index is 0.167. The summed E-state index contributed by atoms with van der Waals surface area (Å²) in [6.45, 7) is 1.71. The van der Waals surface area contributed by atoms with Gasteiger partial charge in [-0.3, -0.25) is 0 Å². The van der Waals surface area contributed by atoms with Gasteiger partial charge in [0.15, 0.2) is 0 Å². The molecule has 1 saturated heterocycles. The van der Waals surface area contributed by atoms with Crippen LogP contribution in [0.1, 0.15) is 28.4 Å². The third-order valence-corrected chi connectivity index (χ3v) is 3.23. The summed E-state index contributed by atoms with van der Waals surface area (Å²) >= 11 is 0. The third kappa shape index (κ3) is 2.48. The Balaban J connectivity index is 2.27. The van der Waals surface area contributed by atoms with Crippen molar-refractivity contribution in [1.82, 2.24) is 5.32 Å². The Morgan fingerprint density at radius 2 is 2.29 bits per heavy atom. The molecule has 0 spiro atoms. The number of ether oxygens (including phenoxy) is 1. The molecule has 0 amide bonds. The van der Waals surface area contributed by atoms with Crippen molar-refractivity contribution < 1.29 is 14.6 Å². The van der Waals surface area contributed by atoms with Crippen LogP contribution in [-0.4, -0.2) is 31.3 Å². The molecule has 2 atom stereocenters. The fraction of sp³-hybridized carbons (Fsp3) is 0.462. The number of carbonyl (C=O) groups is 1. The number of rotatable bonds is 3. The molecular weight excluding hydrogens is 218 g/mol. The van der Waals surface area contributed by atoms with E-state index in [0.717, 1.165) is 19.5 Å². The minimum Gasteiger partial charge on any atom is -0.465 e. The van der Waals surface area contributed by atoms with Gasteiger partial charge in [0.05, 0.1) is 18.8 Å². The zero-order valence-electron chi connectivity index (χ0n) is 9.85. The summed E-state index contributed by atoms with van der Waals surface area (Å²) in [5, 5.41) is 13.5. The fourth-order valence-electron chi connectivity index (χ4n) is 2.25. The van der Waals surface area contributed by atoms with E-state index < -0.39 is 12.1 Å². The predicted molar refractivity (Wildman–Crippen MR) is 63.7 cm³/mol. The monoisotopic (exact) mass is 235 g/mol. The van der Waals surface area contributed by atoms with Crippen molar-refractivity contribution in [3.8, 4) is 0 Å². The maximum atomic E-state index is 11.6. The highest BCUT2D eigenvalue weighted by Crippen LogP contribution is 2.29. The Morgan fingerprint density at radius 3 is 2.94 bits per heavy atom. The van der Waals surface area contributed by atoms with Crippen molar-refractivity contribution in [3.63, 3.8) is 0 Å². The lowest BCUT2D eigenvalue weighted by atomic mass is 9.92. The molecule has 1 aliphatic heterocycles. The van der Waals surface area contributed by atoms with E-state index >= 15 is 0 Å². The van der Waals surface area contributed by atoms with Gasteiger partial charge in [-0.15, -0.1) is 0 Å². The van der Waals surface area contributed by atoms with Crippen LogP contribution in [0.15, 0.2) is 24.3 Å². The fourth-order valence-corrected chi connectivity index (χ4v) is 2.25. The SMILES string of the molecule is COC(=O)c1ccccc1C(O)C1CCNC1. The molecule has 0 aliphatic carbocycles. The van der Waals surface area contributed by atoms with Gasteiger partial charge in [-0.25, -0.2) is 4.79 Å². The summed E-state index contributed by atoms with van der Waals surface area (Å²) < 4.78 is 4.72. The summed E-state index contributed by atoms with van der Waals surface area (Å²) in [6, 6.07) is 7.07. The van der Waals surface area contributed by atoms with Crippen molar-refractivity contribution >= 4 is 5.97 Å². The molecule has 4 heteroatoms. The van der Waals surface area contributed by atoms with Crippen LogP contribution in [0.4, 0.5) is 0 Å². The topological polar surface area (TPSA) is 58.6 Å². The second kappa shape index (κ2) is 5.29. The minimum atomic E-state index is -0.611. The van der Waals surface area contributed by atoms with Crippen LogP contribution >= 0.6 is 0 Å². The molecule has 1 aromatic rings. The molecule has 0 aromatic heterocycles. The highest BCUT2D eigenvalue weighted by Gasteiger charge is 2.27. The first-order valence-corrected chi connectivity index (χ1v) is 5.80. The highest BCUT2D eigenvalue weighted by atomic mass is 16.5. The van der Waals surface area contributed by atoms with Crippen LogP contribution in [0.25, 0.3) is 0 Å². The number of esters is 1. The third-order valence-electron chi connectivity index (χ3n) is 3.23. The van der Waals surface area contributed by atoms with E-state index in [0.29, 0.717) is 11.1 Å². The van der Waals surface area contributed by atoms with Crippen LogP contribution < -0.4 is 5.32 Å². The van der Waals surface area contributed by atoms with Gasteiger partial charge in [0.1, 0.15) is 0 Å². The first-order chi connectivity index (χ1) is 8.24. The number of nitrogens with one attached hydrogen (secondary N) is 1. The average molecular weight is 235 g/mol. The molecule has 0 radical (unpaired) electrons.